The van der Waals surface area contributed by atoms with Gasteiger partial charge in [-0.05, 0) is 37.6 Å². The zero-order chi connectivity index (χ0) is 8.81. The third kappa shape index (κ3) is 2.57. The molecule has 0 fully saturated rings. The first-order chi connectivity index (χ1) is 5.88. The third-order valence-electron chi connectivity index (χ3n) is 1.85. The molecule has 1 aromatic rings. The van der Waals surface area contributed by atoms with Crippen LogP contribution in [0, 0.1) is 0 Å². The molecule has 1 rings (SSSR count). The van der Waals surface area contributed by atoms with Gasteiger partial charge in [0.15, 0.2) is 0 Å². The Hall–Kier alpha value is -0.410. The Labute approximate surface area is 77.7 Å². The van der Waals surface area contributed by atoms with Crippen LogP contribution < -0.4 is 5.32 Å². The molecule has 0 amide bonds. The van der Waals surface area contributed by atoms with Crippen molar-refractivity contribution in [3.05, 3.63) is 24.2 Å². The van der Waals surface area contributed by atoms with Crippen molar-refractivity contribution in [3.8, 4) is 0 Å². The molecular weight excluding hydrogens is 170 g/mol. The molecule has 1 unspecified atom stereocenters. The van der Waals surface area contributed by atoms with Crippen molar-refractivity contribution in [1.82, 2.24) is 5.32 Å². The zero-order valence-electron chi connectivity index (χ0n) is 7.54. The van der Waals surface area contributed by atoms with Gasteiger partial charge in [0.1, 0.15) is 5.76 Å². The Kier molecular flexibility index (Phi) is 4.25. The lowest BCUT2D eigenvalue weighted by Crippen LogP contribution is -2.16. The van der Waals surface area contributed by atoms with Crippen LogP contribution in [0.25, 0.3) is 0 Å². The minimum atomic E-state index is 0.368. The highest BCUT2D eigenvalue weighted by atomic mass is 32.2. The molecule has 2 nitrogen and oxygen atoms in total. The number of nitrogens with one attached hydrogen (secondary N) is 1. The summed E-state index contributed by atoms with van der Waals surface area (Å²) in [5.74, 6) is 2.19. The molecule has 0 radical (unpaired) electrons. The topological polar surface area (TPSA) is 25.2 Å². The smallest absolute Gasteiger partial charge is 0.120 e. The van der Waals surface area contributed by atoms with Gasteiger partial charge in [-0.25, -0.2) is 0 Å². The third-order valence-corrected chi connectivity index (χ3v) is 2.49. The first-order valence-corrected chi connectivity index (χ1v) is 5.47. The lowest BCUT2D eigenvalue weighted by atomic mass is 10.2. The number of rotatable bonds is 5. The molecule has 0 aliphatic carbocycles. The van der Waals surface area contributed by atoms with E-state index in [-0.39, 0.29) is 0 Å². The van der Waals surface area contributed by atoms with Crippen LogP contribution >= 0.6 is 11.8 Å². The standard InChI is InChI=1S/C9H15NOS/c1-10-8(5-7-12-2)9-4-3-6-11-9/h3-4,6,8,10H,5,7H2,1-2H3. The van der Waals surface area contributed by atoms with E-state index in [4.69, 9.17) is 4.42 Å². The molecule has 0 saturated heterocycles. The molecule has 1 aromatic heterocycles. The van der Waals surface area contributed by atoms with Gasteiger partial charge in [-0.1, -0.05) is 0 Å². The highest BCUT2D eigenvalue weighted by molar-refractivity contribution is 7.98. The van der Waals surface area contributed by atoms with Gasteiger partial charge < -0.3 is 9.73 Å². The van der Waals surface area contributed by atoms with Crippen molar-refractivity contribution < 1.29 is 4.42 Å². The zero-order valence-corrected chi connectivity index (χ0v) is 8.36. The highest BCUT2D eigenvalue weighted by Gasteiger charge is 2.10. The van der Waals surface area contributed by atoms with Gasteiger partial charge in [0.05, 0.1) is 12.3 Å². The van der Waals surface area contributed by atoms with Crippen LogP contribution in [0.5, 0.6) is 0 Å². The number of hydrogen-bond acceptors (Lipinski definition) is 3. The average Bonchev–Trinajstić information content (AvgIpc) is 2.59. The van der Waals surface area contributed by atoms with Gasteiger partial charge in [-0.15, -0.1) is 0 Å². The van der Waals surface area contributed by atoms with Crippen LogP contribution in [-0.2, 0) is 0 Å². The maximum Gasteiger partial charge on any atom is 0.120 e. The van der Waals surface area contributed by atoms with E-state index in [1.165, 1.54) is 0 Å². The van der Waals surface area contributed by atoms with Crippen LogP contribution in [0.1, 0.15) is 18.2 Å². The van der Waals surface area contributed by atoms with Crippen molar-refractivity contribution in [3.63, 3.8) is 0 Å². The molecule has 68 valence electrons. The van der Waals surface area contributed by atoms with Crippen molar-refractivity contribution >= 4 is 11.8 Å². The first-order valence-electron chi connectivity index (χ1n) is 4.08. The van der Waals surface area contributed by atoms with Crippen LogP contribution in [0.2, 0.25) is 0 Å². The van der Waals surface area contributed by atoms with Gasteiger partial charge in [-0.2, -0.15) is 11.8 Å². The Balaban J connectivity index is 2.45. The number of hydrogen-bond donors (Lipinski definition) is 1. The number of thioether (sulfide) groups is 1. The van der Waals surface area contributed by atoms with Crippen LogP contribution in [0.15, 0.2) is 22.8 Å². The second-order valence-corrected chi connectivity index (χ2v) is 3.62. The van der Waals surface area contributed by atoms with E-state index in [9.17, 15) is 0 Å². The predicted molar refractivity (Wildman–Crippen MR) is 53.5 cm³/mol. The Morgan fingerprint density at radius 1 is 1.67 bits per heavy atom. The molecule has 0 aliphatic rings. The molecule has 0 spiro atoms. The van der Waals surface area contributed by atoms with E-state index in [0.29, 0.717) is 6.04 Å². The largest absolute Gasteiger partial charge is 0.468 e. The van der Waals surface area contributed by atoms with Crippen LogP contribution in [-0.4, -0.2) is 19.1 Å². The molecule has 1 heterocycles. The Morgan fingerprint density at radius 2 is 2.50 bits per heavy atom. The highest BCUT2D eigenvalue weighted by Crippen LogP contribution is 2.18. The van der Waals surface area contributed by atoms with E-state index >= 15 is 0 Å². The van der Waals surface area contributed by atoms with Crippen LogP contribution in [0.3, 0.4) is 0 Å². The molecular formula is C9H15NOS. The summed E-state index contributed by atoms with van der Waals surface area (Å²) in [7, 11) is 1.97. The molecule has 0 saturated carbocycles. The summed E-state index contributed by atoms with van der Waals surface area (Å²) < 4.78 is 5.31. The monoisotopic (exact) mass is 185 g/mol. The fourth-order valence-corrected chi connectivity index (χ4v) is 1.63. The van der Waals surface area contributed by atoms with Crippen molar-refractivity contribution in [1.29, 1.82) is 0 Å². The van der Waals surface area contributed by atoms with E-state index < -0.39 is 0 Å². The fraction of sp³-hybridized carbons (Fsp3) is 0.556. The summed E-state index contributed by atoms with van der Waals surface area (Å²) >= 11 is 1.86. The number of furan rings is 1. The van der Waals surface area contributed by atoms with Crippen LogP contribution in [0.4, 0.5) is 0 Å². The first kappa shape index (κ1) is 9.68. The summed E-state index contributed by atoms with van der Waals surface area (Å²) in [5, 5.41) is 3.23. The second-order valence-electron chi connectivity index (χ2n) is 2.64. The SMILES string of the molecule is CNC(CCSC)c1ccco1. The molecule has 12 heavy (non-hydrogen) atoms. The quantitative estimate of drug-likeness (QED) is 0.762. The Morgan fingerprint density at radius 3 is 3.00 bits per heavy atom. The van der Waals surface area contributed by atoms with Gasteiger partial charge in [0, 0.05) is 0 Å². The molecule has 3 heteroatoms. The maximum absolute atomic E-state index is 5.31. The van der Waals surface area contributed by atoms with E-state index in [2.05, 4.69) is 11.6 Å². The van der Waals surface area contributed by atoms with Crippen molar-refractivity contribution in [2.45, 2.75) is 12.5 Å². The van der Waals surface area contributed by atoms with Gasteiger partial charge in [-0.3, -0.25) is 0 Å². The van der Waals surface area contributed by atoms with E-state index in [1.807, 2.05) is 30.9 Å². The minimum absolute atomic E-state index is 0.368. The predicted octanol–water partition coefficient (Wildman–Crippen LogP) is 2.29. The molecule has 0 aliphatic heterocycles. The lowest BCUT2D eigenvalue weighted by Gasteiger charge is -2.11. The van der Waals surface area contributed by atoms with Gasteiger partial charge in [0.2, 0.25) is 0 Å². The summed E-state index contributed by atoms with van der Waals surface area (Å²) in [5.41, 5.74) is 0. The van der Waals surface area contributed by atoms with E-state index in [1.54, 1.807) is 6.26 Å². The van der Waals surface area contributed by atoms with Gasteiger partial charge in [0.25, 0.3) is 0 Å². The van der Waals surface area contributed by atoms with E-state index in [0.717, 1.165) is 17.9 Å². The second kappa shape index (κ2) is 5.27. The van der Waals surface area contributed by atoms with Gasteiger partial charge >= 0.3 is 0 Å². The van der Waals surface area contributed by atoms with Crippen molar-refractivity contribution in [2.24, 2.45) is 0 Å². The summed E-state index contributed by atoms with van der Waals surface area (Å²) in [6.45, 7) is 0. The summed E-state index contributed by atoms with van der Waals surface area (Å²) in [4.78, 5) is 0. The maximum atomic E-state index is 5.31. The summed E-state index contributed by atoms with van der Waals surface area (Å²) in [6.07, 6.45) is 4.96. The Bertz CT molecular complexity index is 198. The normalized spacial score (nSPS) is 13.2. The molecule has 1 atom stereocenters. The average molecular weight is 185 g/mol. The molecule has 1 N–H and O–H groups in total. The molecule has 0 aromatic carbocycles. The lowest BCUT2D eigenvalue weighted by molar-refractivity contribution is 0.425. The van der Waals surface area contributed by atoms with Crippen molar-refractivity contribution in [2.75, 3.05) is 19.1 Å². The minimum Gasteiger partial charge on any atom is -0.468 e. The summed E-state index contributed by atoms with van der Waals surface area (Å²) in [6, 6.07) is 4.31. The molecule has 0 bridgehead atoms. The fourth-order valence-electron chi connectivity index (χ4n) is 1.15.